The van der Waals surface area contributed by atoms with Crippen LogP contribution in [-0.2, 0) is 13.0 Å². The second-order valence-corrected chi connectivity index (χ2v) is 8.53. The number of nitrogens with zero attached hydrogens (tertiary/aromatic N) is 1. The third kappa shape index (κ3) is 5.70. The zero-order chi connectivity index (χ0) is 22.2. The van der Waals surface area contributed by atoms with Crippen LogP contribution < -0.4 is 14.8 Å². The van der Waals surface area contributed by atoms with E-state index in [1.807, 2.05) is 6.07 Å². The number of hydrogen-bond acceptors (Lipinski definition) is 4. The van der Waals surface area contributed by atoms with Gasteiger partial charge in [0.2, 0.25) is 0 Å². The van der Waals surface area contributed by atoms with Crippen LogP contribution in [0.3, 0.4) is 0 Å². The molecule has 4 rings (SSSR count). The van der Waals surface area contributed by atoms with Crippen LogP contribution in [0.1, 0.15) is 29.0 Å². The molecule has 32 heavy (non-hydrogen) atoms. The number of nitrogens with one attached hydrogen (secondary N) is 1. The molecule has 0 aromatic heterocycles. The summed E-state index contributed by atoms with van der Waals surface area (Å²) in [5, 5.41) is 3.87. The molecule has 0 radical (unpaired) electrons. The molecule has 4 nitrogen and oxygen atoms in total. The quantitative estimate of drug-likeness (QED) is 0.524. The minimum Gasteiger partial charge on any atom is -0.493 e. The van der Waals surface area contributed by atoms with E-state index >= 15 is 0 Å². The molecule has 1 aliphatic rings. The molecule has 1 N–H and O–H groups in total. The summed E-state index contributed by atoms with van der Waals surface area (Å²) >= 11 is 0. The van der Waals surface area contributed by atoms with Crippen molar-refractivity contribution >= 4 is 0 Å². The second-order valence-electron chi connectivity index (χ2n) is 8.53. The van der Waals surface area contributed by atoms with Crippen molar-refractivity contribution in [3.63, 3.8) is 0 Å². The third-order valence-electron chi connectivity index (χ3n) is 6.44. The normalized spacial score (nSPS) is 18.9. The van der Waals surface area contributed by atoms with E-state index in [4.69, 9.17) is 9.47 Å². The summed E-state index contributed by atoms with van der Waals surface area (Å²) < 4.78 is 10.8. The maximum absolute atomic E-state index is 5.46. The SMILES string of the molecule is COc1ccc(CCN[C@H]2CCN(Cc3ccccc3)C[C@@H]2c2ccccc2)cc1OC. The van der Waals surface area contributed by atoms with Crippen LogP contribution in [0.2, 0.25) is 0 Å². The maximum atomic E-state index is 5.46. The Bertz CT molecular complexity index is 962. The van der Waals surface area contributed by atoms with Crippen LogP contribution >= 0.6 is 0 Å². The average molecular weight is 431 g/mol. The van der Waals surface area contributed by atoms with Crippen molar-refractivity contribution in [1.82, 2.24) is 10.2 Å². The molecule has 3 aromatic carbocycles. The van der Waals surface area contributed by atoms with Gasteiger partial charge in [0.05, 0.1) is 14.2 Å². The zero-order valence-electron chi connectivity index (χ0n) is 19.2. The Hall–Kier alpha value is -2.82. The van der Waals surface area contributed by atoms with Crippen molar-refractivity contribution in [2.75, 3.05) is 33.9 Å². The highest BCUT2D eigenvalue weighted by molar-refractivity contribution is 5.43. The van der Waals surface area contributed by atoms with E-state index in [0.29, 0.717) is 12.0 Å². The first-order valence-electron chi connectivity index (χ1n) is 11.5. The number of hydrogen-bond donors (Lipinski definition) is 1. The Labute approximate surface area is 192 Å². The van der Waals surface area contributed by atoms with E-state index in [2.05, 4.69) is 83.0 Å². The smallest absolute Gasteiger partial charge is 0.160 e. The highest BCUT2D eigenvalue weighted by Crippen LogP contribution is 2.29. The van der Waals surface area contributed by atoms with Gasteiger partial charge in [-0.3, -0.25) is 4.90 Å². The molecule has 0 aliphatic carbocycles. The fourth-order valence-electron chi connectivity index (χ4n) is 4.73. The molecule has 0 spiro atoms. The Morgan fingerprint density at radius 1 is 0.844 bits per heavy atom. The summed E-state index contributed by atoms with van der Waals surface area (Å²) in [6.45, 7) is 4.16. The van der Waals surface area contributed by atoms with Crippen molar-refractivity contribution in [1.29, 1.82) is 0 Å². The highest BCUT2D eigenvalue weighted by atomic mass is 16.5. The summed E-state index contributed by atoms with van der Waals surface area (Å²) in [7, 11) is 3.36. The minimum atomic E-state index is 0.476. The first kappa shape index (κ1) is 22.4. The van der Waals surface area contributed by atoms with E-state index in [9.17, 15) is 0 Å². The monoisotopic (exact) mass is 430 g/mol. The van der Waals surface area contributed by atoms with Crippen molar-refractivity contribution in [2.24, 2.45) is 0 Å². The molecule has 2 atom stereocenters. The lowest BCUT2D eigenvalue weighted by molar-refractivity contribution is 0.167. The fraction of sp³-hybridized carbons (Fsp3) is 0.357. The molecule has 4 heteroatoms. The maximum Gasteiger partial charge on any atom is 0.160 e. The number of piperidine rings is 1. The van der Waals surface area contributed by atoms with Gasteiger partial charge in [0, 0.05) is 31.6 Å². The number of ether oxygens (including phenoxy) is 2. The predicted molar refractivity (Wildman–Crippen MR) is 131 cm³/mol. The molecule has 0 saturated carbocycles. The van der Waals surface area contributed by atoms with Crippen molar-refractivity contribution < 1.29 is 9.47 Å². The Morgan fingerprint density at radius 3 is 2.28 bits per heavy atom. The van der Waals surface area contributed by atoms with E-state index in [1.165, 1.54) is 16.7 Å². The molecular formula is C28H34N2O2. The van der Waals surface area contributed by atoms with Crippen LogP contribution in [0.5, 0.6) is 11.5 Å². The second kappa shape index (κ2) is 11.2. The number of benzene rings is 3. The van der Waals surface area contributed by atoms with Gasteiger partial charge >= 0.3 is 0 Å². The van der Waals surface area contributed by atoms with Gasteiger partial charge in [0.1, 0.15) is 0 Å². The topological polar surface area (TPSA) is 33.7 Å². The molecule has 1 fully saturated rings. The van der Waals surface area contributed by atoms with E-state index < -0.39 is 0 Å². The van der Waals surface area contributed by atoms with E-state index in [0.717, 1.165) is 50.5 Å². The number of likely N-dealkylation sites (tertiary alicyclic amines) is 1. The summed E-state index contributed by atoms with van der Waals surface area (Å²) in [5.74, 6) is 2.06. The Balaban J connectivity index is 1.39. The van der Waals surface area contributed by atoms with Crippen LogP contribution in [0.25, 0.3) is 0 Å². The van der Waals surface area contributed by atoms with Crippen molar-refractivity contribution in [3.05, 3.63) is 95.6 Å². The number of rotatable bonds is 9. The van der Waals surface area contributed by atoms with Crippen molar-refractivity contribution in [2.45, 2.75) is 31.3 Å². The van der Waals surface area contributed by atoms with Gasteiger partial charge < -0.3 is 14.8 Å². The molecule has 0 amide bonds. The van der Waals surface area contributed by atoms with Gasteiger partial charge in [-0.25, -0.2) is 0 Å². The average Bonchev–Trinajstić information content (AvgIpc) is 2.86. The number of methoxy groups -OCH3 is 2. The summed E-state index contributed by atoms with van der Waals surface area (Å²) in [5.41, 5.74) is 4.07. The van der Waals surface area contributed by atoms with E-state index in [-0.39, 0.29) is 0 Å². The third-order valence-corrected chi connectivity index (χ3v) is 6.44. The Kier molecular flexibility index (Phi) is 7.81. The van der Waals surface area contributed by atoms with Crippen LogP contribution in [-0.4, -0.2) is 44.8 Å². The zero-order valence-corrected chi connectivity index (χ0v) is 19.2. The van der Waals surface area contributed by atoms with Gasteiger partial charge in [-0.05, 0) is 48.2 Å². The van der Waals surface area contributed by atoms with Gasteiger partial charge in [0.15, 0.2) is 11.5 Å². The van der Waals surface area contributed by atoms with Crippen LogP contribution in [0.15, 0.2) is 78.9 Å². The summed E-state index contributed by atoms with van der Waals surface area (Å²) in [6.07, 6.45) is 2.12. The first-order valence-corrected chi connectivity index (χ1v) is 11.5. The lowest BCUT2D eigenvalue weighted by Crippen LogP contribution is -2.48. The van der Waals surface area contributed by atoms with Gasteiger partial charge in [-0.15, -0.1) is 0 Å². The lowest BCUT2D eigenvalue weighted by Gasteiger charge is -2.39. The molecule has 0 bridgehead atoms. The molecule has 0 unspecified atom stereocenters. The van der Waals surface area contributed by atoms with Crippen molar-refractivity contribution in [3.8, 4) is 11.5 Å². The molecular weight excluding hydrogens is 396 g/mol. The lowest BCUT2D eigenvalue weighted by atomic mass is 9.85. The first-order chi connectivity index (χ1) is 15.8. The summed E-state index contributed by atoms with van der Waals surface area (Å²) in [6, 6.07) is 28.5. The van der Waals surface area contributed by atoms with Gasteiger partial charge in [-0.1, -0.05) is 66.7 Å². The molecule has 3 aromatic rings. The van der Waals surface area contributed by atoms with Gasteiger partial charge in [-0.2, -0.15) is 0 Å². The van der Waals surface area contributed by atoms with E-state index in [1.54, 1.807) is 14.2 Å². The molecule has 1 heterocycles. The predicted octanol–water partition coefficient (Wildman–Crippen LogP) is 4.89. The minimum absolute atomic E-state index is 0.476. The highest BCUT2D eigenvalue weighted by Gasteiger charge is 2.30. The van der Waals surface area contributed by atoms with Crippen LogP contribution in [0.4, 0.5) is 0 Å². The van der Waals surface area contributed by atoms with Gasteiger partial charge in [0.25, 0.3) is 0 Å². The standard InChI is InChI=1S/C28H34N2O2/c1-31-27-14-13-22(19-28(27)32-2)15-17-29-26-16-18-30(20-23-9-5-3-6-10-23)21-25(26)24-11-7-4-8-12-24/h3-14,19,25-26,29H,15-18,20-21H2,1-2H3/t25-,26+/m1/s1. The molecule has 1 saturated heterocycles. The molecule has 1 aliphatic heterocycles. The summed E-state index contributed by atoms with van der Waals surface area (Å²) in [4.78, 5) is 2.60. The van der Waals surface area contributed by atoms with Crippen LogP contribution in [0, 0.1) is 0 Å². The largest absolute Gasteiger partial charge is 0.493 e. The fourth-order valence-corrected chi connectivity index (χ4v) is 4.73. The molecule has 168 valence electrons. The Morgan fingerprint density at radius 2 is 1.56 bits per heavy atom.